The summed E-state index contributed by atoms with van der Waals surface area (Å²) >= 11 is 0. The topological polar surface area (TPSA) is 78.9 Å². The molecule has 0 bridgehead atoms. The van der Waals surface area contributed by atoms with Gasteiger partial charge >= 0.3 is 6.03 Å². The summed E-state index contributed by atoms with van der Waals surface area (Å²) < 4.78 is 5.60. The van der Waals surface area contributed by atoms with Crippen LogP contribution in [0.15, 0.2) is 18.2 Å². The van der Waals surface area contributed by atoms with E-state index < -0.39 is 17.7 Å². The number of aliphatic hydroxyl groups excluding tert-OH is 1. The quantitative estimate of drug-likeness (QED) is 0.778. The lowest BCUT2D eigenvalue weighted by Crippen LogP contribution is -2.46. The molecule has 2 aliphatic rings. The zero-order chi connectivity index (χ0) is 17.5. The Morgan fingerprint density at radius 3 is 2.50 bits per heavy atom. The maximum Gasteiger partial charge on any atom is 0.325 e. The molecule has 130 valence electrons. The number of benzene rings is 1. The van der Waals surface area contributed by atoms with Crippen molar-refractivity contribution >= 4 is 11.9 Å². The van der Waals surface area contributed by atoms with E-state index in [1.165, 1.54) is 0 Å². The van der Waals surface area contributed by atoms with Crippen LogP contribution in [-0.4, -0.2) is 46.7 Å². The molecule has 1 heterocycles. The van der Waals surface area contributed by atoms with Gasteiger partial charge in [-0.15, -0.1) is 0 Å². The second-order valence-electron chi connectivity index (χ2n) is 7.11. The number of β-amino-alcohol motifs (C(OH)–C–C–N with tert-alkyl or cyclic N) is 1. The van der Waals surface area contributed by atoms with Crippen LogP contribution < -0.4 is 10.1 Å². The molecule has 1 aromatic carbocycles. The van der Waals surface area contributed by atoms with Crippen molar-refractivity contribution in [1.29, 1.82) is 0 Å². The summed E-state index contributed by atoms with van der Waals surface area (Å²) in [5.74, 6) is 0.634. The second-order valence-corrected chi connectivity index (χ2v) is 7.11. The molecule has 1 aromatic rings. The number of amides is 3. The van der Waals surface area contributed by atoms with Crippen LogP contribution in [0.25, 0.3) is 0 Å². The van der Waals surface area contributed by atoms with Gasteiger partial charge in [0.05, 0.1) is 6.54 Å². The minimum atomic E-state index is -0.929. The molecule has 1 aliphatic carbocycles. The third kappa shape index (κ3) is 3.24. The Morgan fingerprint density at radius 2 is 1.92 bits per heavy atom. The van der Waals surface area contributed by atoms with E-state index in [0.29, 0.717) is 5.75 Å². The zero-order valence-corrected chi connectivity index (χ0v) is 14.3. The number of urea groups is 1. The zero-order valence-electron chi connectivity index (χ0n) is 14.3. The number of ether oxygens (including phenoxy) is 1. The molecule has 1 saturated carbocycles. The van der Waals surface area contributed by atoms with Crippen molar-refractivity contribution in [2.24, 2.45) is 5.92 Å². The number of aryl methyl sites for hydroxylation is 2. The van der Waals surface area contributed by atoms with Crippen molar-refractivity contribution in [2.45, 2.75) is 45.3 Å². The first-order valence-electron chi connectivity index (χ1n) is 8.33. The number of rotatable bonds is 6. The van der Waals surface area contributed by atoms with Gasteiger partial charge in [-0.2, -0.15) is 0 Å². The lowest BCUT2D eigenvalue weighted by Gasteiger charge is -2.22. The summed E-state index contributed by atoms with van der Waals surface area (Å²) in [6.45, 7) is 5.69. The van der Waals surface area contributed by atoms with E-state index in [-0.39, 0.29) is 25.0 Å². The Labute approximate surface area is 141 Å². The maximum atomic E-state index is 12.5. The molecular formula is C18H24N2O4. The van der Waals surface area contributed by atoms with E-state index >= 15 is 0 Å². The predicted molar refractivity (Wildman–Crippen MR) is 88.8 cm³/mol. The van der Waals surface area contributed by atoms with Crippen LogP contribution in [0.2, 0.25) is 0 Å². The maximum absolute atomic E-state index is 12.5. The molecule has 6 nitrogen and oxygen atoms in total. The molecule has 0 aromatic heterocycles. The average molecular weight is 332 g/mol. The highest BCUT2D eigenvalue weighted by Gasteiger charge is 2.56. The molecule has 24 heavy (non-hydrogen) atoms. The lowest BCUT2D eigenvalue weighted by atomic mass is 9.96. The normalized spacial score (nSPS) is 24.9. The second kappa shape index (κ2) is 6.09. The summed E-state index contributed by atoms with van der Waals surface area (Å²) in [6.07, 6.45) is 0.978. The van der Waals surface area contributed by atoms with Gasteiger partial charge in [-0.3, -0.25) is 9.69 Å². The average Bonchev–Trinajstić information content (AvgIpc) is 3.31. The van der Waals surface area contributed by atoms with Crippen LogP contribution in [0.3, 0.4) is 0 Å². The van der Waals surface area contributed by atoms with Crippen molar-refractivity contribution in [3.8, 4) is 5.75 Å². The third-order valence-electron chi connectivity index (χ3n) is 4.73. The molecule has 2 N–H and O–H groups in total. The Morgan fingerprint density at radius 1 is 1.29 bits per heavy atom. The van der Waals surface area contributed by atoms with Crippen molar-refractivity contribution in [1.82, 2.24) is 10.2 Å². The molecule has 3 rings (SSSR count). The van der Waals surface area contributed by atoms with Gasteiger partial charge in [0.25, 0.3) is 5.91 Å². The minimum absolute atomic E-state index is 0.0279. The summed E-state index contributed by atoms with van der Waals surface area (Å²) in [6, 6.07) is 5.38. The standard InChI is InChI=1S/C18H24N2O4/c1-11-6-12(2)8-15(7-11)24-10-14(21)9-20-16(22)18(3,13-4-5-13)19-17(20)23/h6-8,13-14,21H,4-5,9-10H2,1-3H3,(H,19,23)/t14-,18+/m0/s1. The van der Waals surface area contributed by atoms with Gasteiger partial charge in [-0.05, 0) is 62.8 Å². The number of hydrogen-bond acceptors (Lipinski definition) is 4. The molecule has 6 heteroatoms. The molecule has 3 amide bonds. The number of hydrogen-bond donors (Lipinski definition) is 2. The molecule has 1 saturated heterocycles. The first-order chi connectivity index (χ1) is 11.3. The Balaban J connectivity index is 1.57. The highest BCUT2D eigenvalue weighted by atomic mass is 16.5. The molecule has 2 atom stereocenters. The van der Waals surface area contributed by atoms with Crippen molar-refractivity contribution in [3.05, 3.63) is 29.3 Å². The van der Waals surface area contributed by atoms with Gasteiger partial charge in [-0.25, -0.2) is 4.79 Å². The highest BCUT2D eigenvalue weighted by Crippen LogP contribution is 2.42. The number of aliphatic hydroxyl groups is 1. The first kappa shape index (κ1) is 16.8. The van der Waals surface area contributed by atoms with Crippen molar-refractivity contribution in [2.75, 3.05) is 13.2 Å². The van der Waals surface area contributed by atoms with Gasteiger partial charge in [-0.1, -0.05) is 6.07 Å². The van der Waals surface area contributed by atoms with Gasteiger partial charge in [0.2, 0.25) is 0 Å². The first-order valence-corrected chi connectivity index (χ1v) is 8.33. The fraction of sp³-hybridized carbons (Fsp3) is 0.556. The summed E-state index contributed by atoms with van der Waals surface area (Å²) in [4.78, 5) is 25.7. The SMILES string of the molecule is Cc1cc(C)cc(OC[C@@H](O)CN2C(=O)N[C@](C)(C3CC3)C2=O)c1. The molecule has 0 unspecified atom stereocenters. The van der Waals surface area contributed by atoms with E-state index in [9.17, 15) is 14.7 Å². The van der Waals surface area contributed by atoms with Gasteiger partial charge in [0.15, 0.2) is 0 Å². The van der Waals surface area contributed by atoms with E-state index in [0.717, 1.165) is 28.9 Å². The van der Waals surface area contributed by atoms with Crippen molar-refractivity contribution < 1.29 is 19.4 Å². The number of nitrogens with one attached hydrogen (secondary N) is 1. The van der Waals surface area contributed by atoms with Crippen LogP contribution in [0, 0.1) is 19.8 Å². The summed E-state index contributed by atoms with van der Waals surface area (Å²) in [7, 11) is 0. The predicted octanol–water partition coefficient (Wildman–Crippen LogP) is 1.76. The third-order valence-corrected chi connectivity index (χ3v) is 4.73. The van der Waals surface area contributed by atoms with Crippen LogP contribution in [0.4, 0.5) is 4.79 Å². The number of nitrogens with zero attached hydrogens (tertiary/aromatic N) is 1. The van der Waals surface area contributed by atoms with E-state index in [1.54, 1.807) is 6.92 Å². The number of carbonyl (C=O) groups is 2. The Bertz CT molecular complexity index is 651. The summed E-state index contributed by atoms with van der Waals surface area (Å²) in [5.41, 5.74) is 1.34. The Hall–Kier alpha value is -2.08. The van der Waals surface area contributed by atoms with Crippen LogP contribution in [-0.2, 0) is 4.79 Å². The minimum Gasteiger partial charge on any atom is -0.491 e. The largest absolute Gasteiger partial charge is 0.491 e. The van der Waals surface area contributed by atoms with Crippen LogP contribution >= 0.6 is 0 Å². The fourth-order valence-electron chi connectivity index (χ4n) is 3.29. The van der Waals surface area contributed by atoms with Crippen LogP contribution in [0.5, 0.6) is 5.75 Å². The van der Waals surface area contributed by atoms with Crippen molar-refractivity contribution in [3.63, 3.8) is 0 Å². The summed E-state index contributed by atoms with van der Waals surface area (Å²) in [5, 5.41) is 12.9. The monoisotopic (exact) mass is 332 g/mol. The molecular weight excluding hydrogens is 308 g/mol. The van der Waals surface area contributed by atoms with E-state index in [4.69, 9.17) is 4.74 Å². The van der Waals surface area contributed by atoms with Gasteiger partial charge < -0.3 is 15.2 Å². The highest BCUT2D eigenvalue weighted by molar-refractivity contribution is 6.07. The smallest absolute Gasteiger partial charge is 0.325 e. The lowest BCUT2D eigenvalue weighted by molar-refractivity contribution is -0.132. The van der Waals surface area contributed by atoms with E-state index in [2.05, 4.69) is 5.32 Å². The number of carbonyl (C=O) groups excluding carboxylic acids is 2. The Kier molecular flexibility index (Phi) is 4.25. The fourth-order valence-corrected chi connectivity index (χ4v) is 3.29. The van der Waals surface area contributed by atoms with Gasteiger partial charge in [0.1, 0.15) is 24.0 Å². The van der Waals surface area contributed by atoms with Crippen LogP contribution in [0.1, 0.15) is 30.9 Å². The molecule has 0 spiro atoms. The molecule has 2 fully saturated rings. The molecule has 1 aliphatic heterocycles. The van der Waals surface area contributed by atoms with E-state index in [1.807, 2.05) is 32.0 Å². The number of imide groups is 1. The van der Waals surface area contributed by atoms with Gasteiger partial charge in [0, 0.05) is 0 Å². The molecule has 0 radical (unpaired) electrons.